The van der Waals surface area contributed by atoms with Gasteiger partial charge in [-0.3, -0.25) is 0 Å². The molecule has 16 heavy (non-hydrogen) atoms. The van der Waals surface area contributed by atoms with Crippen LogP contribution in [0.5, 0.6) is 5.88 Å². The lowest BCUT2D eigenvalue weighted by molar-refractivity contribution is 0.207. The fourth-order valence-electron chi connectivity index (χ4n) is 1.68. The van der Waals surface area contributed by atoms with E-state index < -0.39 is 10.0 Å². The number of sulfonamides is 1. The molecule has 0 radical (unpaired) electrons. The van der Waals surface area contributed by atoms with E-state index in [0.717, 1.165) is 0 Å². The van der Waals surface area contributed by atoms with Gasteiger partial charge in [-0.2, -0.15) is 4.31 Å². The van der Waals surface area contributed by atoms with E-state index in [1.807, 2.05) is 12.1 Å². The molecule has 1 saturated heterocycles. The Bertz CT molecular complexity index is 446. The van der Waals surface area contributed by atoms with Crippen LogP contribution in [-0.2, 0) is 10.0 Å². The molecule has 6 heteroatoms. The molecule has 0 aromatic carbocycles. The molecular weight excluding hydrogens is 228 g/mol. The number of ether oxygens (including phenoxy) is 1. The smallest absolute Gasteiger partial charge is 0.213 e. The molecule has 1 aromatic heterocycles. The van der Waals surface area contributed by atoms with Crippen molar-refractivity contribution in [1.82, 2.24) is 9.29 Å². The standard InChI is InChI=1S/C10H14N2O3S/c1-16(13,14)12-7-5-9(8-12)15-10-4-2-3-6-11-10/h2-4,6,9H,5,7-8H2,1H3. The lowest BCUT2D eigenvalue weighted by atomic mass is 10.3. The van der Waals surface area contributed by atoms with Crippen LogP contribution in [0.4, 0.5) is 0 Å². The van der Waals surface area contributed by atoms with Gasteiger partial charge in [-0.1, -0.05) is 6.07 Å². The monoisotopic (exact) mass is 242 g/mol. The van der Waals surface area contributed by atoms with E-state index in [1.165, 1.54) is 10.6 Å². The predicted octanol–water partition coefficient (Wildman–Crippen LogP) is 0.494. The molecule has 1 aromatic rings. The molecule has 0 amide bonds. The van der Waals surface area contributed by atoms with E-state index in [-0.39, 0.29) is 6.10 Å². The van der Waals surface area contributed by atoms with Crippen LogP contribution >= 0.6 is 0 Å². The Labute approximate surface area is 95.1 Å². The molecule has 0 bridgehead atoms. The molecule has 2 rings (SSSR count). The first-order valence-electron chi connectivity index (χ1n) is 5.08. The molecule has 0 N–H and O–H groups in total. The number of aromatic nitrogens is 1. The zero-order chi connectivity index (χ0) is 11.6. The minimum atomic E-state index is -3.09. The molecular formula is C10H14N2O3S. The maximum Gasteiger partial charge on any atom is 0.213 e. The summed E-state index contributed by atoms with van der Waals surface area (Å²) in [4.78, 5) is 4.04. The molecule has 2 heterocycles. The highest BCUT2D eigenvalue weighted by Crippen LogP contribution is 2.17. The van der Waals surface area contributed by atoms with Crippen molar-refractivity contribution < 1.29 is 13.2 Å². The normalized spacial score (nSPS) is 22.2. The molecule has 1 atom stereocenters. The van der Waals surface area contributed by atoms with Gasteiger partial charge < -0.3 is 4.74 Å². The van der Waals surface area contributed by atoms with Crippen molar-refractivity contribution in [3.63, 3.8) is 0 Å². The van der Waals surface area contributed by atoms with Crippen LogP contribution in [0.2, 0.25) is 0 Å². The van der Waals surface area contributed by atoms with Crippen LogP contribution in [0.1, 0.15) is 6.42 Å². The van der Waals surface area contributed by atoms with Gasteiger partial charge in [0.1, 0.15) is 6.10 Å². The SMILES string of the molecule is CS(=O)(=O)N1CCC(Oc2ccccn2)C1. The largest absolute Gasteiger partial charge is 0.473 e. The van der Waals surface area contributed by atoms with Crippen LogP contribution in [0, 0.1) is 0 Å². The highest BCUT2D eigenvalue weighted by Gasteiger charge is 2.29. The Hall–Kier alpha value is -1.14. The molecule has 0 saturated carbocycles. The van der Waals surface area contributed by atoms with Crippen LogP contribution in [0.15, 0.2) is 24.4 Å². The Kier molecular flexibility index (Phi) is 3.11. The highest BCUT2D eigenvalue weighted by molar-refractivity contribution is 7.88. The summed E-state index contributed by atoms with van der Waals surface area (Å²) < 4.78 is 29.6. The Morgan fingerprint density at radius 1 is 1.50 bits per heavy atom. The van der Waals surface area contributed by atoms with Crippen molar-refractivity contribution in [2.75, 3.05) is 19.3 Å². The first-order chi connectivity index (χ1) is 7.55. The molecule has 0 spiro atoms. The third kappa shape index (κ3) is 2.70. The van der Waals surface area contributed by atoms with Crippen LogP contribution in [0.3, 0.4) is 0 Å². The second-order valence-corrected chi connectivity index (χ2v) is 5.80. The van der Waals surface area contributed by atoms with Gasteiger partial charge in [-0.15, -0.1) is 0 Å². The van der Waals surface area contributed by atoms with Gasteiger partial charge >= 0.3 is 0 Å². The van der Waals surface area contributed by atoms with Gasteiger partial charge in [0.25, 0.3) is 0 Å². The summed E-state index contributed by atoms with van der Waals surface area (Å²) in [5, 5.41) is 0. The van der Waals surface area contributed by atoms with Gasteiger partial charge in [-0.05, 0) is 12.5 Å². The van der Waals surface area contributed by atoms with Crippen LogP contribution in [-0.4, -0.2) is 43.2 Å². The maximum atomic E-state index is 11.3. The number of nitrogens with zero attached hydrogens (tertiary/aromatic N) is 2. The minimum absolute atomic E-state index is 0.0929. The molecule has 5 nitrogen and oxygen atoms in total. The lowest BCUT2D eigenvalue weighted by Gasteiger charge is -2.14. The first kappa shape index (κ1) is 11.3. The number of rotatable bonds is 3. The Morgan fingerprint density at radius 3 is 2.88 bits per heavy atom. The summed E-state index contributed by atoms with van der Waals surface area (Å²) >= 11 is 0. The third-order valence-electron chi connectivity index (χ3n) is 2.50. The number of hydrogen-bond acceptors (Lipinski definition) is 4. The molecule has 88 valence electrons. The molecule has 1 fully saturated rings. The Morgan fingerprint density at radius 2 is 2.31 bits per heavy atom. The first-order valence-corrected chi connectivity index (χ1v) is 6.93. The van der Waals surface area contributed by atoms with Crippen molar-refractivity contribution in [2.45, 2.75) is 12.5 Å². The summed E-state index contributed by atoms with van der Waals surface area (Å²) in [6.45, 7) is 0.936. The number of hydrogen-bond donors (Lipinski definition) is 0. The van der Waals surface area contributed by atoms with Gasteiger partial charge in [0, 0.05) is 18.8 Å². The van der Waals surface area contributed by atoms with Gasteiger partial charge in [0.2, 0.25) is 15.9 Å². The minimum Gasteiger partial charge on any atom is -0.473 e. The van der Waals surface area contributed by atoms with E-state index in [0.29, 0.717) is 25.4 Å². The Balaban J connectivity index is 1.96. The van der Waals surface area contributed by atoms with Crippen LogP contribution < -0.4 is 4.74 Å². The predicted molar refractivity (Wildman–Crippen MR) is 59.7 cm³/mol. The van der Waals surface area contributed by atoms with E-state index in [4.69, 9.17) is 4.74 Å². The molecule has 1 aliphatic heterocycles. The summed E-state index contributed by atoms with van der Waals surface area (Å²) in [5.41, 5.74) is 0. The fraction of sp³-hybridized carbons (Fsp3) is 0.500. The van der Waals surface area contributed by atoms with Crippen molar-refractivity contribution >= 4 is 10.0 Å². The lowest BCUT2D eigenvalue weighted by Crippen LogP contribution is -2.30. The van der Waals surface area contributed by atoms with E-state index in [9.17, 15) is 8.42 Å². The average molecular weight is 242 g/mol. The highest BCUT2D eigenvalue weighted by atomic mass is 32.2. The summed E-state index contributed by atoms with van der Waals surface area (Å²) in [6.07, 6.45) is 3.49. The maximum absolute atomic E-state index is 11.3. The van der Waals surface area contributed by atoms with Crippen LogP contribution in [0.25, 0.3) is 0 Å². The quantitative estimate of drug-likeness (QED) is 0.774. The van der Waals surface area contributed by atoms with E-state index in [2.05, 4.69) is 4.98 Å². The van der Waals surface area contributed by atoms with Crippen molar-refractivity contribution in [1.29, 1.82) is 0 Å². The van der Waals surface area contributed by atoms with Crippen molar-refractivity contribution in [3.8, 4) is 5.88 Å². The zero-order valence-electron chi connectivity index (χ0n) is 9.04. The second-order valence-electron chi connectivity index (χ2n) is 3.82. The van der Waals surface area contributed by atoms with Crippen molar-refractivity contribution in [2.24, 2.45) is 0 Å². The number of pyridine rings is 1. The van der Waals surface area contributed by atoms with Crippen molar-refractivity contribution in [3.05, 3.63) is 24.4 Å². The van der Waals surface area contributed by atoms with Gasteiger partial charge in [0.15, 0.2) is 0 Å². The summed E-state index contributed by atoms with van der Waals surface area (Å²) in [7, 11) is -3.09. The zero-order valence-corrected chi connectivity index (χ0v) is 9.85. The average Bonchev–Trinajstić information content (AvgIpc) is 2.67. The van der Waals surface area contributed by atoms with Gasteiger partial charge in [0.05, 0.1) is 12.8 Å². The molecule has 0 aliphatic carbocycles. The summed E-state index contributed by atoms with van der Waals surface area (Å²) in [6, 6.07) is 5.42. The molecule has 1 unspecified atom stereocenters. The second kappa shape index (κ2) is 4.39. The third-order valence-corrected chi connectivity index (χ3v) is 3.77. The van der Waals surface area contributed by atoms with Gasteiger partial charge in [-0.25, -0.2) is 13.4 Å². The topological polar surface area (TPSA) is 59.5 Å². The van der Waals surface area contributed by atoms with E-state index in [1.54, 1.807) is 12.3 Å². The molecule has 1 aliphatic rings. The fourth-order valence-corrected chi connectivity index (χ4v) is 2.56. The summed E-state index contributed by atoms with van der Waals surface area (Å²) in [5.74, 6) is 0.544. The van der Waals surface area contributed by atoms with E-state index >= 15 is 0 Å².